The van der Waals surface area contributed by atoms with Gasteiger partial charge in [-0.25, -0.2) is 8.42 Å². The fourth-order valence-corrected chi connectivity index (χ4v) is 4.57. The lowest BCUT2D eigenvalue weighted by molar-refractivity contribution is 0.291. The Morgan fingerprint density at radius 3 is 2.41 bits per heavy atom. The summed E-state index contributed by atoms with van der Waals surface area (Å²) in [5.74, 6) is 0. The first-order valence-corrected chi connectivity index (χ1v) is 7.38. The van der Waals surface area contributed by atoms with Gasteiger partial charge in [0.25, 0.3) is 0 Å². The number of hydrogen-bond acceptors (Lipinski definition) is 2. The van der Waals surface area contributed by atoms with E-state index in [9.17, 15) is 8.42 Å². The first-order valence-electron chi connectivity index (χ1n) is 5.94. The largest absolute Gasteiger partial charge is 0.243 e. The topological polar surface area (TPSA) is 37.4 Å². The maximum absolute atomic E-state index is 12.6. The first kappa shape index (κ1) is 12.6. The zero-order valence-electron chi connectivity index (χ0n) is 10.6. The van der Waals surface area contributed by atoms with Gasteiger partial charge in [-0.15, -0.1) is 0 Å². The summed E-state index contributed by atoms with van der Waals surface area (Å²) < 4.78 is 26.8. The Balaban J connectivity index is 2.48. The molecule has 0 aliphatic carbocycles. The summed E-state index contributed by atoms with van der Waals surface area (Å²) in [5, 5.41) is 0. The number of hydrogen-bond donors (Lipinski definition) is 0. The molecule has 0 unspecified atom stereocenters. The normalized spacial score (nSPS) is 20.6. The Kier molecular flexibility index (Phi) is 3.04. The first-order chi connectivity index (χ1) is 7.86. The molecular weight excluding hydrogens is 234 g/mol. The van der Waals surface area contributed by atoms with Crippen molar-refractivity contribution in [2.24, 2.45) is 0 Å². The van der Waals surface area contributed by atoms with Crippen LogP contribution in [0.5, 0.6) is 0 Å². The zero-order valence-corrected chi connectivity index (χ0v) is 11.4. The molecule has 1 heterocycles. The molecule has 0 aromatic heterocycles. The van der Waals surface area contributed by atoms with Gasteiger partial charge in [0.15, 0.2) is 0 Å². The summed E-state index contributed by atoms with van der Waals surface area (Å²) >= 11 is 0. The summed E-state index contributed by atoms with van der Waals surface area (Å²) in [7, 11) is -3.34. The Morgan fingerprint density at radius 1 is 1.24 bits per heavy atom. The molecule has 3 nitrogen and oxygen atoms in total. The van der Waals surface area contributed by atoms with Crippen LogP contribution in [-0.4, -0.2) is 24.8 Å². The fourth-order valence-electron chi connectivity index (χ4n) is 2.49. The van der Waals surface area contributed by atoms with E-state index in [0.29, 0.717) is 11.4 Å². The van der Waals surface area contributed by atoms with Crippen LogP contribution in [0.3, 0.4) is 0 Å². The Bertz CT molecular complexity index is 520. The molecule has 0 saturated carbocycles. The number of sulfonamides is 1. The summed E-state index contributed by atoms with van der Waals surface area (Å²) in [5.41, 5.74) is 0.552. The number of aryl methyl sites for hydroxylation is 1. The van der Waals surface area contributed by atoms with Crippen molar-refractivity contribution in [3.63, 3.8) is 0 Å². The lowest BCUT2D eigenvalue weighted by Gasteiger charge is -2.31. The van der Waals surface area contributed by atoms with Gasteiger partial charge in [0, 0.05) is 12.1 Å². The van der Waals surface area contributed by atoms with E-state index in [-0.39, 0.29) is 5.54 Å². The molecule has 1 aromatic rings. The van der Waals surface area contributed by atoms with Crippen LogP contribution in [-0.2, 0) is 10.0 Å². The molecular formula is C13H19NO2S. The van der Waals surface area contributed by atoms with Crippen LogP contribution < -0.4 is 0 Å². The van der Waals surface area contributed by atoms with E-state index in [2.05, 4.69) is 0 Å². The highest BCUT2D eigenvalue weighted by atomic mass is 32.2. The highest BCUT2D eigenvalue weighted by Gasteiger charge is 2.41. The molecule has 1 aromatic carbocycles. The van der Waals surface area contributed by atoms with Gasteiger partial charge in [-0.1, -0.05) is 18.2 Å². The van der Waals surface area contributed by atoms with E-state index in [1.807, 2.05) is 32.9 Å². The van der Waals surface area contributed by atoms with E-state index in [1.54, 1.807) is 16.4 Å². The maximum atomic E-state index is 12.6. The molecule has 1 saturated heterocycles. The third kappa shape index (κ3) is 2.11. The summed E-state index contributed by atoms with van der Waals surface area (Å²) in [6.07, 6.45) is 1.87. The third-order valence-corrected chi connectivity index (χ3v) is 5.76. The van der Waals surface area contributed by atoms with Crippen molar-refractivity contribution in [1.82, 2.24) is 4.31 Å². The van der Waals surface area contributed by atoms with E-state index in [0.717, 1.165) is 18.4 Å². The number of nitrogens with zero attached hydrogens (tertiary/aromatic N) is 1. The Hall–Kier alpha value is -0.870. The summed E-state index contributed by atoms with van der Waals surface area (Å²) in [4.78, 5) is 0.440. The number of benzene rings is 1. The second kappa shape index (κ2) is 4.10. The predicted molar refractivity (Wildman–Crippen MR) is 68.4 cm³/mol. The van der Waals surface area contributed by atoms with Crippen LogP contribution in [0.15, 0.2) is 29.2 Å². The van der Waals surface area contributed by atoms with Crippen molar-refractivity contribution >= 4 is 10.0 Å². The predicted octanol–water partition coefficient (Wildman–Crippen LogP) is 2.56. The van der Waals surface area contributed by atoms with E-state index in [1.165, 1.54) is 0 Å². The van der Waals surface area contributed by atoms with Crippen molar-refractivity contribution in [3.8, 4) is 0 Å². The fraction of sp³-hybridized carbons (Fsp3) is 0.538. The van der Waals surface area contributed by atoms with Gasteiger partial charge < -0.3 is 0 Å². The molecule has 2 rings (SSSR count). The van der Waals surface area contributed by atoms with Crippen LogP contribution in [0.4, 0.5) is 0 Å². The minimum absolute atomic E-state index is 0.263. The molecule has 1 fully saturated rings. The van der Waals surface area contributed by atoms with Gasteiger partial charge in [-0.05, 0) is 45.2 Å². The Morgan fingerprint density at radius 2 is 1.88 bits per heavy atom. The van der Waals surface area contributed by atoms with Crippen molar-refractivity contribution in [2.75, 3.05) is 6.54 Å². The molecule has 1 aliphatic heterocycles. The van der Waals surface area contributed by atoms with Gasteiger partial charge in [0.2, 0.25) is 10.0 Å². The smallest absolute Gasteiger partial charge is 0.207 e. The van der Waals surface area contributed by atoms with Crippen LogP contribution >= 0.6 is 0 Å². The average Bonchev–Trinajstić information content (AvgIpc) is 2.59. The van der Waals surface area contributed by atoms with Crippen molar-refractivity contribution in [1.29, 1.82) is 0 Å². The molecule has 94 valence electrons. The van der Waals surface area contributed by atoms with Gasteiger partial charge >= 0.3 is 0 Å². The highest BCUT2D eigenvalue weighted by Crippen LogP contribution is 2.34. The molecule has 0 amide bonds. The van der Waals surface area contributed by atoms with E-state index in [4.69, 9.17) is 0 Å². The molecule has 0 N–H and O–H groups in total. The molecule has 0 radical (unpaired) electrons. The van der Waals surface area contributed by atoms with Crippen molar-refractivity contribution in [3.05, 3.63) is 29.8 Å². The second-order valence-electron chi connectivity index (χ2n) is 5.26. The molecule has 1 aliphatic rings. The third-order valence-electron chi connectivity index (χ3n) is 3.49. The minimum atomic E-state index is -3.34. The molecule has 0 atom stereocenters. The van der Waals surface area contributed by atoms with Crippen molar-refractivity contribution in [2.45, 2.75) is 44.0 Å². The highest BCUT2D eigenvalue weighted by molar-refractivity contribution is 7.89. The van der Waals surface area contributed by atoms with Crippen LogP contribution in [0.25, 0.3) is 0 Å². The average molecular weight is 253 g/mol. The van der Waals surface area contributed by atoms with Crippen molar-refractivity contribution < 1.29 is 8.42 Å². The molecule has 4 heteroatoms. The summed E-state index contributed by atoms with van der Waals surface area (Å²) in [6, 6.07) is 7.18. The lowest BCUT2D eigenvalue weighted by atomic mass is 10.0. The maximum Gasteiger partial charge on any atom is 0.243 e. The Labute approximate surface area is 104 Å². The monoisotopic (exact) mass is 253 g/mol. The SMILES string of the molecule is Cc1ccccc1S(=O)(=O)N1CCCC1(C)C. The standard InChI is InChI=1S/C13H19NO2S/c1-11-7-4-5-8-12(11)17(15,16)14-10-6-9-13(14,2)3/h4-5,7-8H,6,9-10H2,1-3H3. The second-order valence-corrected chi connectivity index (χ2v) is 7.09. The molecule has 0 bridgehead atoms. The van der Waals surface area contributed by atoms with Gasteiger partial charge in [-0.3, -0.25) is 0 Å². The van der Waals surface area contributed by atoms with Crippen LogP contribution in [0.2, 0.25) is 0 Å². The number of rotatable bonds is 2. The minimum Gasteiger partial charge on any atom is -0.207 e. The van der Waals surface area contributed by atoms with Gasteiger partial charge in [-0.2, -0.15) is 4.31 Å². The van der Waals surface area contributed by atoms with Crippen LogP contribution in [0, 0.1) is 6.92 Å². The van der Waals surface area contributed by atoms with E-state index < -0.39 is 10.0 Å². The van der Waals surface area contributed by atoms with Gasteiger partial charge in [0.1, 0.15) is 0 Å². The van der Waals surface area contributed by atoms with Gasteiger partial charge in [0.05, 0.1) is 4.90 Å². The summed E-state index contributed by atoms with van der Waals surface area (Å²) in [6.45, 7) is 6.46. The quantitative estimate of drug-likeness (QED) is 0.812. The molecule has 0 spiro atoms. The molecule has 17 heavy (non-hydrogen) atoms. The van der Waals surface area contributed by atoms with Crippen LogP contribution in [0.1, 0.15) is 32.3 Å². The zero-order chi connectivity index (χ0) is 12.7. The lowest BCUT2D eigenvalue weighted by Crippen LogP contribution is -2.42. The van der Waals surface area contributed by atoms with E-state index >= 15 is 0 Å².